The topological polar surface area (TPSA) is 161 Å². The van der Waals surface area contributed by atoms with E-state index in [0.29, 0.717) is 17.4 Å². The van der Waals surface area contributed by atoms with Gasteiger partial charge in [-0.15, -0.1) is 0 Å². The zero-order chi connectivity index (χ0) is 36.5. The van der Waals surface area contributed by atoms with Crippen LogP contribution in [0.1, 0.15) is 88.8 Å². The molecule has 2 atom stereocenters. The van der Waals surface area contributed by atoms with Crippen LogP contribution in [0, 0.1) is 18.3 Å². The van der Waals surface area contributed by atoms with Gasteiger partial charge < -0.3 is 15.0 Å². The number of rotatable bonds is 15. The number of benzene rings is 1. The molecule has 3 aromatic rings. The summed E-state index contributed by atoms with van der Waals surface area (Å²) in [5.41, 5.74) is -1.07. The van der Waals surface area contributed by atoms with Crippen LogP contribution in [0.15, 0.2) is 58.4 Å². The summed E-state index contributed by atoms with van der Waals surface area (Å²) in [4.78, 5) is 26.6. The summed E-state index contributed by atoms with van der Waals surface area (Å²) in [5, 5.41) is 24.9. The zero-order valence-corrected chi connectivity index (χ0v) is 29.2. The Kier molecular flexibility index (Phi) is 12.9. The summed E-state index contributed by atoms with van der Waals surface area (Å²) >= 11 is 0. The molecular formula is C35H45F3N6O5S. The maximum absolute atomic E-state index is 13.5. The third-order valence-corrected chi connectivity index (χ3v) is 11.2. The lowest BCUT2D eigenvalue weighted by molar-refractivity contribution is -0.140. The number of carboxylic acid groups (broad SMARTS) is 1. The molecule has 3 heterocycles. The third kappa shape index (κ3) is 9.75. The van der Waals surface area contributed by atoms with Crippen molar-refractivity contribution in [2.75, 3.05) is 18.0 Å². The fraction of sp³-hybridized carbons (Fsp3) is 0.543. The molecule has 50 heavy (non-hydrogen) atoms. The first-order valence-electron chi connectivity index (χ1n) is 17.0. The average molecular weight is 719 g/mol. The Morgan fingerprint density at radius 2 is 1.76 bits per heavy atom. The van der Waals surface area contributed by atoms with Gasteiger partial charge in [0.15, 0.2) is 9.84 Å². The quantitative estimate of drug-likeness (QED) is 0.156. The van der Waals surface area contributed by atoms with Crippen molar-refractivity contribution in [3.05, 3.63) is 70.3 Å². The smallest absolute Gasteiger partial charge is 0.417 e. The maximum atomic E-state index is 13.5. The van der Waals surface area contributed by atoms with Crippen LogP contribution >= 0.6 is 0 Å². The van der Waals surface area contributed by atoms with Crippen LogP contribution < -0.4 is 15.8 Å². The number of pyridine rings is 1. The van der Waals surface area contributed by atoms with Crippen molar-refractivity contribution in [1.29, 1.82) is 5.26 Å². The van der Waals surface area contributed by atoms with Crippen molar-refractivity contribution in [3.63, 3.8) is 0 Å². The van der Waals surface area contributed by atoms with Gasteiger partial charge in [0, 0.05) is 24.9 Å². The number of carboxylic acids is 1. The number of anilines is 1. The van der Waals surface area contributed by atoms with Crippen LogP contribution in [0.25, 0.3) is 5.69 Å². The number of aromatic amines is 1. The monoisotopic (exact) mass is 718 g/mol. The Hall–Kier alpha value is -4.16. The Labute approximate surface area is 290 Å². The van der Waals surface area contributed by atoms with E-state index in [1.807, 2.05) is 0 Å². The molecule has 1 aromatic carbocycles. The van der Waals surface area contributed by atoms with E-state index in [1.165, 1.54) is 91.4 Å². The molecule has 1 saturated carbocycles. The molecule has 1 aliphatic carbocycles. The highest BCUT2D eigenvalue weighted by Crippen LogP contribution is 2.39. The van der Waals surface area contributed by atoms with Gasteiger partial charge in [0.25, 0.3) is 0 Å². The van der Waals surface area contributed by atoms with Gasteiger partial charge in [0.05, 0.1) is 33.2 Å². The van der Waals surface area contributed by atoms with Crippen molar-refractivity contribution in [1.82, 2.24) is 20.1 Å². The van der Waals surface area contributed by atoms with Crippen molar-refractivity contribution in [2.45, 2.75) is 112 Å². The van der Waals surface area contributed by atoms with E-state index in [9.17, 15) is 36.3 Å². The van der Waals surface area contributed by atoms with Gasteiger partial charge in [-0.2, -0.15) is 23.5 Å². The van der Waals surface area contributed by atoms with Crippen molar-refractivity contribution in [2.24, 2.45) is 0 Å². The first kappa shape index (κ1) is 38.6. The number of aromatic nitrogens is 3. The van der Waals surface area contributed by atoms with E-state index in [1.54, 1.807) is 6.92 Å². The number of hydrogen-bond acceptors (Lipinski definition) is 8. The lowest BCUT2D eigenvalue weighted by atomic mass is 10.1. The number of halogens is 3. The number of nitrogens with one attached hydrogen (secondary N) is 2. The van der Waals surface area contributed by atoms with Gasteiger partial charge in [-0.1, -0.05) is 64.0 Å². The van der Waals surface area contributed by atoms with E-state index < -0.39 is 55.7 Å². The molecule has 5 rings (SSSR count). The van der Waals surface area contributed by atoms with E-state index >= 15 is 0 Å². The minimum Gasteiger partial charge on any atom is -0.480 e. The summed E-state index contributed by atoms with van der Waals surface area (Å²) in [5.74, 6) is -1.13. The van der Waals surface area contributed by atoms with Crippen molar-refractivity contribution >= 4 is 21.6 Å². The first-order chi connectivity index (χ1) is 23.7. The number of unbranched alkanes of at least 4 members (excludes halogenated alkanes) is 7. The molecule has 2 fully saturated rings. The number of sulfone groups is 1. The van der Waals surface area contributed by atoms with Gasteiger partial charge in [-0.25, -0.2) is 17.9 Å². The maximum Gasteiger partial charge on any atom is 0.417 e. The normalized spacial score (nSPS) is 18.3. The van der Waals surface area contributed by atoms with E-state index in [-0.39, 0.29) is 17.9 Å². The van der Waals surface area contributed by atoms with Crippen LogP contribution in [0.4, 0.5) is 19.0 Å². The minimum absolute atomic E-state index is 0.110. The van der Waals surface area contributed by atoms with Gasteiger partial charge in [-0.05, 0) is 57.4 Å². The van der Waals surface area contributed by atoms with E-state index in [0.717, 1.165) is 31.5 Å². The highest BCUT2D eigenvalue weighted by Gasteiger charge is 2.47. The van der Waals surface area contributed by atoms with Crippen LogP contribution in [0.5, 0.6) is 0 Å². The molecular weight excluding hydrogens is 673 g/mol. The molecule has 0 radical (unpaired) electrons. The van der Waals surface area contributed by atoms with Crippen molar-refractivity contribution in [3.8, 4) is 11.8 Å². The summed E-state index contributed by atoms with van der Waals surface area (Å²) in [6.07, 6.45) is 9.02. The van der Waals surface area contributed by atoms with Crippen LogP contribution in [0.2, 0.25) is 0 Å². The number of nitriles is 1. The molecule has 272 valence electrons. The first-order valence-corrected chi connectivity index (χ1v) is 18.6. The Morgan fingerprint density at radius 3 is 2.36 bits per heavy atom. The molecule has 1 aliphatic heterocycles. The van der Waals surface area contributed by atoms with Crippen LogP contribution in [-0.2, 0) is 20.8 Å². The number of carbonyl (C=O) groups is 1. The standard InChI is InChI=1S/C21H19F3N4O5S.C14H26N2/c1-12-8-19(28(26-12)13-6-7-25-18(29)9-13)27-11-14(10-16(27)20(30)31)34(32,33)17-5-3-2-4-15(17)21(22,23)24;1-2-3-4-5-6-7-8-9-12-16-14(13-15)10-11-14/h2-9,14,16H,10-11H2,1H3,(H,25,29)(H,30,31);16H,2-12H2,1H3/t14-,16+;/m1./s1. The number of H-pyrrole nitrogens is 1. The zero-order valence-electron chi connectivity index (χ0n) is 28.4. The number of hydrogen-bond donors (Lipinski definition) is 3. The second-order valence-corrected chi connectivity index (χ2v) is 15.2. The highest BCUT2D eigenvalue weighted by atomic mass is 32.2. The third-order valence-electron chi connectivity index (χ3n) is 9.05. The predicted octanol–water partition coefficient (Wildman–Crippen LogP) is 6.17. The second-order valence-electron chi connectivity index (χ2n) is 13.0. The average Bonchev–Trinajstić information content (AvgIpc) is 3.52. The van der Waals surface area contributed by atoms with Gasteiger partial charge in [0.2, 0.25) is 5.56 Å². The Morgan fingerprint density at radius 1 is 1.10 bits per heavy atom. The summed E-state index contributed by atoms with van der Waals surface area (Å²) in [6.45, 7) is 4.55. The molecule has 0 unspecified atom stereocenters. The molecule has 3 N–H and O–H groups in total. The molecule has 0 bridgehead atoms. The molecule has 11 nitrogen and oxygen atoms in total. The molecule has 15 heteroatoms. The van der Waals surface area contributed by atoms with Crippen LogP contribution in [0.3, 0.4) is 0 Å². The van der Waals surface area contributed by atoms with E-state index in [2.05, 4.69) is 28.4 Å². The summed E-state index contributed by atoms with van der Waals surface area (Å²) < 4.78 is 68.3. The molecule has 1 saturated heterocycles. The SMILES string of the molecule is CCCCCCCCCCNC1(C#N)CC1.Cc1cc(N2C[C@H](S(=O)(=O)c3ccccc3C(F)(F)F)C[C@H]2C(=O)O)n(-c2cc[nH]c(=O)c2)n1. The highest BCUT2D eigenvalue weighted by molar-refractivity contribution is 7.92. The van der Waals surface area contributed by atoms with Crippen LogP contribution in [-0.4, -0.2) is 64.2 Å². The fourth-order valence-electron chi connectivity index (χ4n) is 6.12. The molecule has 2 aliphatic rings. The number of aryl methyl sites for hydroxylation is 1. The summed E-state index contributed by atoms with van der Waals surface area (Å²) in [6, 6.07) is 9.14. The lowest BCUT2D eigenvalue weighted by Gasteiger charge is -2.24. The lowest BCUT2D eigenvalue weighted by Crippen LogP contribution is -2.37. The van der Waals surface area contributed by atoms with Crippen molar-refractivity contribution < 1.29 is 31.5 Å². The fourth-order valence-corrected chi connectivity index (χ4v) is 8.03. The van der Waals surface area contributed by atoms with Gasteiger partial charge >= 0.3 is 12.1 Å². The Balaban J connectivity index is 0.000000295. The largest absolute Gasteiger partial charge is 0.480 e. The Bertz CT molecular complexity index is 1810. The molecule has 0 spiro atoms. The molecule has 2 aromatic heterocycles. The number of nitrogens with zero attached hydrogens (tertiary/aromatic N) is 4. The summed E-state index contributed by atoms with van der Waals surface area (Å²) in [7, 11) is -4.55. The van der Waals surface area contributed by atoms with E-state index in [4.69, 9.17) is 5.26 Å². The van der Waals surface area contributed by atoms with Gasteiger partial charge in [0.1, 0.15) is 17.4 Å². The number of alkyl halides is 3. The number of aliphatic carboxylic acids is 1. The predicted molar refractivity (Wildman–Crippen MR) is 183 cm³/mol. The second kappa shape index (κ2) is 16.7. The van der Waals surface area contributed by atoms with Gasteiger partial charge in [-0.3, -0.25) is 10.1 Å². The minimum atomic E-state index is -4.90. The molecule has 0 amide bonds.